The topological polar surface area (TPSA) is 45.9 Å². The van der Waals surface area contributed by atoms with Crippen molar-refractivity contribution in [2.75, 3.05) is 7.11 Å². The minimum Gasteiger partial charge on any atom is -0.494 e. The van der Waals surface area contributed by atoms with Crippen LogP contribution in [0.1, 0.15) is 23.2 Å². The van der Waals surface area contributed by atoms with Crippen molar-refractivity contribution in [3.05, 3.63) is 23.0 Å². The van der Waals surface area contributed by atoms with Gasteiger partial charge in [-0.1, -0.05) is 15.9 Å². The van der Waals surface area contributed by atoms with E-state index in [1.165, 1.54) is 13.3 Å². The van der Waals surface area contributed by atoms with E-state index in [4.69, 9.17) is 10.00 Å². The van der Waals surface area contributed by atoms with Gasteiger partial charge in [-0.2, -0.15) is 5.26 Å². The van der Waals surface area contributed by atoms with E-state index in [2.05, 4.69) is 20.9 Å². The van der Waals surface area contributed by atoms with Crippen LogP contribution in [0.2, 0.25) is 0 Å². The summed E-state index contributed by atoms with van der Waals surface area (Å²) in [5.41, 5.74) is 0.729. The maximum atomic E-state index is 12.6. The van der Waals surface area contributed by atoms with Crippen molar-refractivity contribution in [2.24, 2.45) is 0 Å². The van der Waals surface area contributed by atoms with Crippen LogP contribution in [-0.2, 0) is 11.8 Å². The highest BCUT2D eigenvalue weighted by Crippen LogP contribution is 2.33. The van der Waals surface area contributed by atoms with Crippen molar-refractivity contribution in [3.63, 3.8) is 0 Å². The number of hydrogen-bond donors (Lipinski definition) is 0. The van der Waals surface area contributed by atoms with Crippen LogP contribution < -0.4 is 4.74 Å². The third kappa shape index (κ3) is 2.47. The van der Waals surface area contributed by atoms with E-state index in [1.807, 2.05) is 6.07 Å². The summed E-state index contributed by atoms with van der Waals surface area (Å²) in [4.78, 5) is 3.65. The van der Waals surface area contributed by atoms with Gasteiger partial charge in [-0.3, -0.25) is 4.98 Å². The van der Waals surface area contributed by atoms with E-state index in [0.717, 1.165) is 0 Å². The Morgan fingerprint density at radius 3 is 2.75 bits per heavy atom. The van der Waals surface area contributed by atoms with Crippen molar-refractivity contribution in [3.8, 4) is 11.8 Å². The first kappa shape index (κ1) is 12.8. The molecule has 6 heteroatoms. The van der Waals surface area contributed by atoms with Crippen LogP contribution in [0, 0.1) is 11.3 Å². The second kappa shape index (κ2) is 5.75. The zero-order valence-electron chi connectivity index (χ0n) is 8.51. The first-order valence-corrected chi connectivity index (χ1v) is 5.53. The quantitative estimate of drug-likeness (QED) is 0.801. The highest BCUT2D eigenvalue weighted by Gasteiger charge is 2.21. The van der Waals surface area contributed by atoms with E-state index in [1.54, 1.807) is 0 Å². The summed E-state index contributed by atoms with van der Waals surface area (Å²) in [7, 11) is 1.29. The molecule has 0 aromatic carbocycles. The molecule has 1 rings (SSSR count). The monoisotopic (exact) mass is 290 g/mol. The predicted molar refractivity (Wildman–Crippen MR) is 57.7 cm³/mol. The summed E-state index contributed by atoms with van der Waals surface area (Å²) in [5.74, 6) is 0.00787. The molecule has 0 radical (unpaired) electrons. The van der Waals surface area contributed by atoms with Gasteiger partial charge in [0.25, 0.3) is 6.43 Å². The molecule has 0 unspecified atom stereocenters. The molecule has 0 saturated carbocycles. The Morgan fingerprint density at radius 2 is 2.31 bits per heavy atom. The fraction of sp³-hybridized carbons (Fsp3) is 0.400. The molecule has 0 N–H and O–H groups in total. The van der Waals surface area contributed by atoms with Crippen molar-refractivity contribution in [1.82, 2.24) is 4.98 Å². The summed E-state index contributed by atoms with van der Waals surface area (Å²) < 4.78 is 30.2. The van der Waals surface area contributed by atoms with Crippen molar-refractivity contribution >= 4 is 15.9 Å². The molecule has 0 aliphatic rings. The summed E-state index contributed by atoms with van der Waals surface area (Å²) in [6.45, 7) is 0. The standard InChI is InChI=1S/C10H9BrF2N2O/c1-16-9-7(2-3-14)6(4-11)5-15-8(9)10(12)13/h5,10H,2,4H2,1H3. The lowest BCUT2D eigenvalue weighted by atomic mass is 10.1. The molecule has 1 aromatic rings. The lowest BCUT2D eigenvalue weighted by molar-refractivity contribution is 0.141. The molecular formula is C10H9BrF2N2O. The lowest BCUT2D eigenvalue weighted by Gasteiger charge is -2.13. The third-order valence-electron chi connectivity index (χ3n) is 2.06. The van der Waals surface area contributed by atoms with Crippen molar-refractivity contribution in [1.29, 1.82) is 5.26 Å². The van der Waals surface area contributed by atoms with Gasteiger partial charge < -0.3 is 4.74 Å². The highest BCUT2D eigenvalue weighted by atomic mass is 79.9. The molecule has 0 bridgehead atoms. The Bertz CT molecular complexity index is 418. The first-order chi connectivity index (χ1) is 7.65. The van der Waals surface area contributed by atoms with Gasteiger partial charge in [-0.15, -0.1) is 0 Å². The van der Waals surface area contributed by atoms with Gasteiger partial charge in [0.2, 0.25) is 0 Å². The number of halogens is 3. The minimum atomic E-state index is -2.71. The number of nitriles is 1. The van der Waals surface area contributed by atoms with E-state index < -0.39 is 12.1 Å². The molecule has 1 aromatic heterocycles. The summed E-state index contributed by atoms with van der Waals surface area (Å²) in [6.07, 6.45) is -1.35. The zero-order valence-corrected chi connectivity index (χ0v) is 10.1. The lowest BCUT2D eigenvalue weighted by Crippen LogP contribution is -2.04. The number of nitrogens with zero attached hydrogens (tertiary/aromatic N) is 2. The zero-order chi connectivity index (χ0) is 12.1. The van der Waals surface area contributed by atoms with Gasteiger partial charge >= 0.3 is 0 Å². The van der Waals surface area contributed by atoms with Crippen molar-refractivity contribution in [2.45, 2.75) is 18.2 Å². The van der Waals surface area contributed by atoms with Gasteiger partial charge in [-0.25, -0.2) is 8.78 Å². The molecule has 1 heterocycles. The first-order valence-electron chi connectivity index (χ1n) is 4.41. The van der Waals surface area contributed by atoms with Crippen molar-refractivity contribution < 1.29 is 13.5 Å². The van der Waals surface area contributed by atoms with Crippen LogP contribution in [0.4, 0.5) is 8.78 Å². The Kier molecular flexibility index (Phi) is 4.62. The van der Waals surface area contributed by atoms with Crippen LogP contribution in [0.25, 0.3) is 0 Å². The SMILES string of the molecule is COc1c(C(F)F)ncc(CBr)c1CC#N. The number of pyridine rings is 1. The van der Waals surface area contributed by atoms with E-state index in [-0.39, 0.29) is 12.2 Å². The molecule has 0 atom stereocenters. The van der Waals surface area contributed by atoms with E-state index in [9.17, 15) is 8.78 Å². The van der Waals surface area contributed by atoms with E-state index in [0.29, 0.717) is 16.5 Å². The maximum Gasteiger partial charge on any atom is 0.284 e. The van der Waals surface area contributed by atoms with Crippen LogP contribution in [0.5, 0.6) is 5.75 Å². The number of methoxy groups -OCH3 is 1. The summed E-state index contributed by atoms with van der Waals surface area (Å²) in [5, 5.41) is 9.10. The van der Waals surface area contributed by atoms with Crippen LogP contribution in [-0.4, -0.2) is 12.1 Å². The molecule has 3 nitrogen and oxygen atoms in total. The molecule has 86 valence electrons. The Hall–Kier alpha value is -1.22. The smallest absolute Gasteiger partial charge is 0.284 e. The second-order valence-corrected chi connectivity index (χ2v) is 3.51. The molecule has 0 fully saturated rings. The number of ether oxygens (including phenoxy) is 1. The molecule has 0 aliphatic carbocycles. The van der Waals surface area contributed by atoms with Crippen LogP contribution >= 0.6 is 15.9 Å². The average Bonchev–Trinajstić information content (AvgIpc) is 2.28. The Morgan fingerprint density at radius 1 is 1.62 bits per heavy atom. The van der Waals surface area contributed by atoms with Crippen LogP contribution in [0.15, 0.2) is 6.20 Å². The number of rotatable bonds is 4. The fourth-order valence-electron chi connectivity index (χ4n) is 1.36. The number of hydrogen-bond acceptors (Lipinski definition) is 3. The second-order valence-electron chi connectivity index (χ2n) is 2.95. The molecule has 0 saturated heterocycles. The summed E-state index contributed by atoms with van der Waals surface area (Å²) >= 11 is 3.21. The van der Waals surface area contributed by atoms with Gasteiger partial charge in [0.15, 0.2) is 5.75 Å². The largest absolute Gasteiger partial charge is 0.494 e. The molecular weight excluding hydrogens is 282 g/mol. The Balaban J connectivity index is 3.38. The highest BCUT2D eigenvalue weighted by molar-refractivity contribution is 9.08. The molecule has 16 heavy (non-hydrogen) atoms. The average molecular weight is 291 g/mol. The maximum absolute atomic E-state index is 12.6. The third-order valence-corrected chi connectivity index (χ3v) is 2.67. The summed E-state index contributed by atoms with van der Waals surface area (Å²) in [6, 6.07) is 1.93. The van der Waals surface area contributed by atoms with Gasteiger partial charge in [0.05, 0.1) is 19.6 Å². The number of alkyl halides is 3. The molecule has 0 spiro atoms. The van der Waals surface area contributed by atoms with Gasteiger partial charge in [0.1, 0.15) is 5.69 Å². The predicted octanol–water partition coefficient (Wildman–Crippen LogP) is 2.99. The Labute approximate surface area is 100 Å². The van der Waals surface area contributed by atoms with Gasteiger partial charge in [0, 0.05) is 17.1 Å². The fourth-order valence-corrected chi connectivity index (χ4v) is 1.84. The van der Waals surface area contributed by atoms with Crippen LogP contribution in [0.3, 0.4) is 0 Å². The minimum absolute atomic E-state index is 0.00787. The van der Waals surface area contributed by atoms with E-state index >= 15 is 0 Å². The molecule has 0 aliphatic heterocycles. The van der Waals surface area contributed by atoms with Gasteiger partial charge in [-0.05, 0) is 5.56 Å². The normalized spacial score (nSPS) is 10.2. The molecule has 0 amide bonds. The number of aromatic nitrogens is 1.